The van der Waals surface area contributed by atoms with Crippen molar-refractivity contribution in [3.63, 3.8) is 0 Å². The highest BCUT2D eigenvalue weighted by molar-refractivity contribution is 5.96. The van der Waals surface area contributed by atoms with Crippen LogP contribution in [0.5, 0.6) is 0 Å². The molecule has 0 aromatic heterocycles. The first-order valence-electron chi connectivity index (χ1n) is 7.02. The number of aryl methyl sites for hydroxylation is 2. The van der Waals surface area contributed by atoms with E-state index in [-0.39, 0.29) is 5.78 Å². The van der Waals surface area contributed by atoms with E-state index in [9.17, 15) is 4.79 Å². The van der Waals surface area contributed by atoms with E-state index in [0.29, 0.717) is 12.3 Å². The monoisotopic (exact) mass is 245 g/mol. The lowest BCUT2D eigenvalue weighted by Crippen LogP contribution is -2.22. The molecule has 1 aliphatic rings. The van der Waals surface area contributed by atoms with E-state index in [0.717, 1.165) is 25.1 Å². The molecule has 0 saturated carbocycles. The fourth-order valence-electron chi connectivity index (χ4n) is 2.48. The van der Waals surface area contributed by atoms with Gasteiger partial charge >= 0.3 is 0 Å². The summed E-state index contributed by atoms with van der Waals surface area (Å²) in [5.74, 6) is 0.904. The minimum Gasteiger partial charge on any atom is -0.316 e. The quantitative estimate of drug-likeness (QED) is 0.616. The Morgan fingerprint density at radius 1 is 1.28 bits per heavy atom. The van der Waals surface area contributed by atoms with Crippen LogP contribution in [0.2, 0.25) is 0 Å². The van der Waals surface area contributed by atoms with Gasteiger partial charge in [-0.15, -0.1) is 0 Å². The van der Waals surface area contributed by atoms with Crippen molar-refractivity contribution in [2.75, 3.05) is 13.1 Å². The standard InChI is InChI=1S/C16H23NO/c1-12(2)11-17-9-8-16(18)15-7-6-13-4-3-5-14(13)10-15/h6-7,10,12,17H,3-5,8-9,11H2,1-2H3. The van der Waals surface area contributed by atoms with Crippen LogP contribution in [0.1, 0.15) is 48.2 Å². The summed E-state index contributed by atoms with van der Waals surface area (Å²) < 4.78 is 0. The molecule has 2 nitrogen and oxygen atoms in total. The van der Waals surface area contributed by atoms with Gasteiger partial charge in [-0.05, 0) is 48.9 Å². The second-order valence-electron chi connectivity index (χ2n) is 5.61. The number of rotatable bonds is 6. The number of Topliss-reactive ketones (excluding diaryl/α,β-unsaturated/α-hetero) is 1. The van der Waals surface area contributed by atoms with E-state index in [1.807, 2.05) is 6.07 Å². The van der Waals surface area contributed by atoms with Gasteiger partial charge in [0, 0.05) is 18.5 Å². The fraction of sp³-hybridized carbons (Fsp3) is 0.562. The van der Waals surface area contributed by atoms with Crippen LogP contribution < -0.4 is 5.32 Å². The van der Waals surface area contributed by atoms with E-state index >= 15 is 0 Å². The number of hydrogen-bond acceptors (Lipinski definition) is 2. The Kier molecular flexibility index (Phi) is 4.54. The number of hydrogen-bond donors (Lipinski definition) is 1. The van der Waals surface area contributed by atoms with Crippen LogP contribution in [0, 0.1) is 5.92 Å². The number of carbonyl (C=O) groups is 1. The molecule has 1 aromatic carbocycles. The highest BCUT2D eigenvalue weighted by atomic mass is 16.1. The molecule has 2 rings (SSSR count). The van der Waals surface area contributed by atoms with Gasteiger partial charge < -0.3 is 5.32 Å². The molecule has 0 amide bonds. The van der Waals surface area contributed by atoms with Crippen molar-refractivity contribution < 1.29 is 4.79 Å². The Labute approximate surface area is 110 Å². The summed E-state index contributed by atoms with van der Waals surface area (Å²) >= 11 is 0. The van der Waals surface area contributed by atoms with Crippen LogP contribution in [0.15, 0.2) is 18.2 Å². The summed E-state index contributed by atoms with van der Waals surface area (Å²) in [6, 6.07) is 6.24. The van der Waals surface area contributed by atoms with Gasteiger partial charge in [0.25, 0.3) is 0 Å². The maximum absolute atomic E-state index is 12.0. The molecule has 1 aliphatic carbocycles. The third kappa shape index (κ3) is 3.42. The first-order valence-corrected chi connectivity index (χ1v) is 7.02. The van der Waals surface area contributed by atoms with E-state index in [2.05, 4.69) is 31.3 Å². The van der Waals surface area contributed by atoms with Gasteiger partial charge in [0.05, 0.1) is 0 Å². The van der Waals surface area contributed by atoms with Crippen LogP contribution in [0.25, 0.3) is 0 Å². The van der Waals surface area contributed by atoms with Gasteiger partial charge in [-0.1, -0.05) is 26.0 Å². The maximum Gasteiger partial charge on any atom is 0.164 e. The van der Waals surface area contributed by atoms with Crippen LogP contribution in [0.4, 0.5) is 0 Å². The van der Waals surface area contributed by atoms with E-state index in [1.165, 1.54) is 24.0 Å². The summed E-state index contributed by atoms with van der Waals surface area (Å²) in [6.45, 7) is 6.12. The Balaban J connectivity index is 1.85. The van der Waals surface area contributed by atoms with Crippen molar-refractivity contribution in [3.8, 4) is 0 Å². The molecule has 0 bridgehead atoms. The molecule has 0 unspecified atom stereocenters. The Bertz CT molecular complexity index is 423. The van der Waals surface area contributed by atoms with Crippen LogP contribution in [0.3, 0.4) is 0 Å². The van der Waals surface area contributed by atoms with E-state index in [4.69, 9.17) is 0 Å². The first-order chi connectivity index (χ1) is 8.66. The van der Waals surface area contributed by atoms with Gasteiger partial charge in [0.1, 0.15) is 0 Å². The normalized spacial score (nSPS) is 13.9. The second kappa shape index (κ2) is 6.14. The second-order valence-corrected chi connectivity index (χ2v) is 5.61. The average molecular weight is 245 g/mol. The Hall–Kier alpha value is -1.15. The lowest BCUT2D eigenvalue weighted by molar-refractivity contribution is 0.0982. The number of benzene rings is 1. The summed E-state index contributed by atoms with van der Waals surface area (Å²) in [4.78, 5) is 12.0. The molecule has 0 spiro atoms. The van der Waals surface area contributed by atoms with Crippen LogP contribution in [-0.4, -0.2) is 18.9 Å². The van der Waals surface area contributed by atoms with Crippen molar-refractivity contribution in [2.24, 2.45) is 5.92 Å². The molecule has 0 saturated heterocycles. The topological polar surface area (TPSA) is 29.1 Å². The molecule has 0 fully saturated rings. The number of fused-ring (bicyclic) bond motifs is 1. The van der Waals surface area contributed by atoms with Crippen LogP contribution >= 0.6 is 0 Å². The van der Waals surface area contributed by atoms with Gasteiger partial charge in [-0.25, -0.2) is 0 Å². The number of ketones is 1. The third-order valence-corrected chi connectivity index (χ3v) is 3.50. The summed E-state index contributed by atoms with van der Waals surface area (Å²) in [6.07, 6.45) is 4.16. The van der Waals surface area contributed by atoms with Gasteiger partial charge in [-0.3, -0.25) is 4.79 Å². The lowest BCUT2D eigenvalue weighted by atomic mass is 10.0. The van der Waals surface area contributed by atoms with Crippen LogP contribution in [-0.2, 0) is 12.8 Å². The SMILES string of the molecule is CC(C)CNCCC(=O)c1ccc2c(c1)CCC2. The largest absolute Gasteiger partial charge is 0.316 e. The zero-order chi connectivity index (χ0) is 13.0. The predicted molar refractivity (Wildman–Crippen MR) is 75.1 cm³/mol. The molecule has 0 radical (unpaired) electrons. The maximum atomic E-state index is 12.0. The summed E-state index contributed by atoms with van der Waals surface area (Å²) in [5.41, 5.74) is 3.71. The fourth-order valence-corrected chi connectivity index (χ4v) is 2.48. The zero-order valence-electron chi connectivity index (χ0n) is 11.5. The van der Waals surface area contributed by atoms with Crippen molar-refractivity contribution in [1.82, 2.24) is 5.32 Å². The highest BCUT2D eigenvalue weighted by Crippen LogP contribution is 2.23. The zero-order valence-corrected chi connectivity index (χ0v) is 11.5. The predicted octanol–water partition coefficient (Wildman–Crippen LogP) is 2.99. The third-order valence-electron chi connectivity index (χ3n) is 3.50. The average Bonchev–Trinajstić information content (AvgIpc) is 2.81. The molecule has 1 N–H and O–H groups in total. The number of nitrogens with one attached hydrogen (secondary N) is 1. The minimum absolute atomic E-state index is 0.265. The van der Waals surface area contributed by atoms with Crippen molar-refractivity contribution in [3.05, 3.63) is 34.9 Å². The van der Waals surface area contributed by atoms with Gasteiger partial charge in [0.2, 0.25) is 0 Å². The first kappa shape index (κ1) is 13.3. The van der Waals surface area contributed by atoms with Crippen molar-refractivity contribution in [2.45, 2.75) is 39.5 Å². The van der Waals surface area contributed by atoms with Crippen molar-refractivity contribution >= 4 is 5.78 Å². The molecule has 1 aromatic rings. The van der Waals surface area contributed by atoms with Gasteiger partial charge in [0.15, 0.2) is 5.78 Å². The summed E-state index contributed by atoms with van der Waals surface area (Å²) in [5, 5.41) is 3.32. The lowest BCUT2D eigenvalue weighted by Gasteiger charge is -2.07. The Morgan fingerprint density at radius 2 is 2.06 bits per heavy atom. The smallest absolute Gasteiger partial charge is 0.164 e. The molecule has 0 aliphatic heterocycles. The number of carbonyl (C=O) groups excluding carboxylic acids is 1. The van der Waals surface area contributed by atoms with E-state index in [1.54, 1.807) is 0 Å². The minimum atomic E-state index is 0.265. The molecule has 0 heterocycles. The summed E-state index contributed by atoms with van der Waals surface area (Å²) in [7, 11) is 0. The van der Waals surface area contributed by atoms with Crippen molar-refractivity contribution in [1.29, 1.82) is 0 Å². The molecule has 2 heteroatoms. The molecule has 98 valence electrons. The van der Waals surface area contributed by atoms with Gasteiger partial charge in [-0.2, -0.15) is 0 Å². The molecule has 18 heavy (non-hydrogen) atoms. The molecular formula is C16H23NO. The molecule has 0 atom stereocenters. The highest BCUT2D eigenvalue weighted by Gasteiger charge is 2.13. The Morgan fingerprint density at radius 3 is 2.83 bits per heavy atom. The van der Waals surface area contributed by atoms with E-state index < -0.39 is 0 Å². The molecular weight excluding hydrogens is 222 g/mol.